The number of nitrogens with zero attached hydrogens (tertiary/aromatic N) is 1. The summed E-state index contributed by atoms with van der Waals surface area (Å²) in [4.78, 5) is 0. The molecule has 152 valence electrons. The molecule has 0 aliphatic heterocycles. The van der Waals surface area contributed by atoms with E-state index in [1.807, 2.05) is 44.4 Å². The second-order valence-electron chi connectivity index (χ2n) is 7.11. The van der Waals surface area contributed by atoms with Crippen LogP contribution in [0.2, 0.25) is 0 Å². The van der Waals surface area contributed by atoms with E-state index < -0.39 is 12.2 Å². The highest BCUT2D eigenvalue weighted by molar-refractivity contribution is 5.37. The third-order valence-corrected chi connectivity index (χ3v) is 5.04. The van der Waals surface area contributed by atoms with Crippen LogP contribution in [0.15, 0.2) is 46.7 Å². The molecule has 0 spiro atoms. The fourth-order valence-corrected chi connectivity index (χ4v) is 3.89. The first kappa shape index (κ1) is 20.4. The molecule has 3 N–H and O–H groups in total. The maximum absolute atomic E-state index is 10.9. The second kappa shape index (κ2) is 9.23. The summed E-state index contributed by atoms with van der Waals surface area (Å²) in [5, 5.41) is 27.7. The van der Waals surface area contributed by atoms with E-state index in [9.17, 15) is 10.2 Å². The molecule has 2 aromatic rings. The molecule has 4 atom stereocenters. The lowest BCUT2D eigenvalue weighted by atomic mass is 9.70. The third-order valence-electron chi connectivity index (χ3n) is 5.04. The zero-order valence-electron chi connectivity index (χ0n) is 16.5. The number of aromatic nitrogens is 1. The Balaban J connectivity index is 0.000000706. The normalized spacial score (nSPS) is 25.5. The van der Waals surface area contributed by atoms with Crippen LogP contribution in [-0.4, -0.2) is 42.7 Å². The minimum Gasteiger partial charge on any atom is -0.501 e. The number of aliphatic hydroxyl groups excluding tert-OH is 2. The lowest BCUT2D eigenvalue weighted by molar-refractivity contribution is 0.0115. The van der Waals surface area contributed by atoms with Gasteiger partial charge in [0, 0.05) is 6.42 Å². The molecule has 1 aromatic heterocycles. The highest BCUT2D eigenvalue weighted by atomic mass is 16.5. The van der Waals surface area contributed by atoms with Gasteiger partial charge in [-0.05, 0) is 43.2 Å². The molecule has 0 saturated carbocycles. The van der Waals surface area contributed by atoms with E-state index in [-0.39, 0.29) is 11.8 Å². The third kappa shape index (κ3) is 4.22. The Morgan fingerprint density at radius 1 is 1.21 bits per heavy atom. The van der Waals surface area contributed by atoms with Crippen molar-refractivity contribution in [2.75, 3.05) is 21.2 Å². The lowest BCUT2D eigenvalue weighted by Crippen LogP contribution is -2.36. The van der Waals surface area contributed by atoms with Crippen LogP contribution in [0.25, 0.3) is 0 Å². The van der Waals surface area contributed by atoms with E-state index in [0.29, 0.717) is 42.4 Å². The number of methoxy groups -OCH3 is 1. The van der Waals surface area contributed by atoms with Crippen molar-refractivity contribution in [2.24, 2.45) is 11.8 Å². The van der Waals surface area contributed by atoms with Crippen molar-refractivity contribution in [2.45, 2.75) is 31.7 Å². The number of hydrogen-bond donors (Lipinski definition) is 3. The van der Waals surface area contributed by atoms with Crippen molar-refractivity contribution < 1.29 is 24.2 Å². The van der Waals surface area contributed by atoms with Crippen molar-refractivity contribution in [3.05, 3.63) is 59.1 Å². The fraction of sp³-hybridized carbons (Fsp3) is 0.476. The average molecular weight is 388 g/mol. The number of rotatable bonds is 4. The van der Waals surface area contributed by atoms with Gasteiger partial charge in [0.05, 0.1) is 30.8 Å². The number of ether oxygens (including phenoxy) is 2. The Morgan fingerprint density at radius 2 is 1.93 bits per heavy atom. The minimum atomic E-state index is -0.829. The SMILES string of the molecule is CNC.COC1=C[C@H](O)CC2Cc3onc(OCc4ccccc4)c3C(O)C12. The van der Waals surface area contributed by atoms with Gasteiger partial charge in [-0.3, -0.25) is 0 Å². The largest absolute Gasteiger partial charge is 0.501 e. The number of nitrogens with one attached hydrogen (secondary N) is 1. The lowest BCUT2D eigenvalue weighted by Gasteiger charge is -2.39. The minimum absolute atomic E-state index is 0.0485. The molecule has 2 aliphatic carbocycles. The molecule has 4 rings (SSSR count). The van der Waals surface area contributed by atoms with Crippen LogP contribution in [-0.2, 0) is 17.8 Å². The smallest absolute Gasteiger partial charge is 0.260 e. The molecule has 1 aromatic carbocycles. The number of fused-ring (bicyclic) bond motifs is 2. The standard InChI is InChI=1S/C19H21NO5.C2H7N/c1-23-14-9-13(21)7-12-8-15-17(18(22)16(12)14)19(20-25-15)24-10-11-5-3-2-4-6-11;1-3-2/h2-6,9,12-13,16,18,21-22H,7-8,10H2,1H3;3H,1-2H3/t12?,13-,16?,18?;/m1./s1. The monoisotopic (exact) mass is 388 g/mol. The molecule has 3 unspecified atom stereocenters. The molecule has 2 aliphatic rings. The zero-order valence-corrected chi connectivity index (χ0v) is 16.5. The molecular formula is C21H28N2O5. The van der Waals surface area contributed by atoms with E-state index in [1.54, 1.807) is 13.2 Å². The molecule has 0 amide bonds. The highest BCUT2D eigenvalue weighted by Gasteiger charge is 2.46. The number of aliphatic hydroxyl groups is 2. The summed E-state index contributed by atoms with van der Waals surface area (Å²) in [6.45, 7) is 0.353. The van der Waals surface area contributed by atoms with E-state index >= 15 is 0 Å². The second-order valence-corrected chi connectivity index (χ2v) is 7.11. The van der Waals surface area contributed by atoms with Gasteiger partial charge in [0.2, 0.25) is 0 Å². The fourth-order valence-electron chi connectivity index (χ4n) is 3.89. The van der Waals surface area contributed by atoms with E-state index in [0.717, 1.165) is 5.56 Å². The number of benzene rings is 1. The van der Waals surface area contributed by atoms with Gasteiger partial charge >= 0.3 is 0 Å². The molecule has 28 heavy (non-hydrogen) atoms. The van der Waals surface area contributed by atoms with Crippen LogP contribution in [0, 0.1) is 11.8 Å². The maximum Gasteiger partial charge on any atom is 0.260 e. The van der Waals surface area contributed by atoms with Crippen LogP contribution in [0.1, 0.15) is 29.4 Å². The van der Waals surface area contributed by atoms with Crippen LogP contribution in [0.3, 0.4) is 0 Å². The van der Waals surface area contributed by atoms with Gasteiger partial charge in [0.25, 0.3) is 5.88 Å². The van der Waals surface area contributed by atoms with Crippen LogP contribution < -0.4 is 10.1 Å². The van der Waals surface area contributed by atoms with Gasteiger partial charge in [0.1, 0.15) is 18.1 Å². The van der Waals surface area contributed by atoms with Gasteiger partial charge in [-0.25, -0.2) is 0 Å². The summed E-state index contributed by atoms with van der Waals surface area (Å²) < 4.78 is 16.6. The molecule has 0 bridgehead atoms. The quantitative estimate of drug-likeness (QED) is 0.739. The zero-order chi connectivity index (χ0) is 20.1. The van der Waals surface area contributed by atoms with Gasteiger partial charge < -0.3 is 29.5 Å². The molecule has 0 fully saturated rings. The van der Waals surface area contributed by atoms with Crippen molar-refractivity contribution in [1.29, 1.82) is 0 Å². The van der Waals surface area contributed by atoms with Crippen LogP contribution >= 0.6 is 0 Å². The highest BCUT2D eigenvalue weighted by Crippen LogP contribution is 2.49. The van der Waals surface area contributed by atoms with Gasteiger partial charge in [-0.15, -0.1) is 0 Å². The van der Waals surface area contributed by atoms with Gasteiger partial charge in [-0.2, -0.15) is 0 Å². The van der Waals surface area contributed by atoms with E-state index in [4.69, 9.17) is 14.0 Å². The summed E-state index contributed by atoms with van der Waals surface area (Å²) in [5.41, 5.74) is 1.61. The van der Waals surface area contributed by atoms with E-state index in [1.165, 1.54) is 0 Å². The first-order chi connectivity index (χ1) is 13.6. The molecule has 7 heteroatoms. The summed E-state index contributed by atoms with van der Waals surface area (Å²) >= 11 is 0. The van der Waals surface area contributed by atoms with Crippen LogP contribution in [0.5, 0.6) is 5.88 Å². The Morgan fingerprint density at radius 3 is 2.61 bits per heavy atom. The molecule has 7 nitrogen and oxygen atoms in total. The predicted molar refractivity (Wildman–Crippen MR) is 104 cm³/mol. The van der Waals surface area contributed by atoms with Gasteiger partial charge in [-0.1, -0.05) is 30.3 Å². The van der Waals surface area contributed by atoms with Crippen molar-refractivity contribution >= 4 is 0 Å². The summed E-state index contributed by atoms with van der Waals surface area (Å²) in [6, 6.07) is 9.76. The Kier molecular flexibility index (Phi) is 6.72. The predicted octanol–water partition coefficient (Wildman–Crippen LogP) is 2.21. The van der Waals surface area contributed by atoms with Crippen molar-refractivity contribution in [3.63, 3.8) is 0 Å². The topological polar surface area (TPSA) is 97.0 Å². The maximum atomic E-state index is 10.9. The summed E-state index contributed by atoms with van der Waals surface area (Å²) in [5.74, 6) is 1.39. The molecular weight excluding hydrogens is 360 g/mol. The van der Waals surface area contributed by atoms with E-state index in [2.05, 4.69) is 10.5 Å². The van der Waals surface area contributed by atoms with Crippen molar-refractivity contribution in [1.82, 2.24) is 10.5 Å². The molecule has 0 saturated heterocycles. The molecule has 0 radical (unpaired) electrons. The first-order valence-corrected chi connectivity index (χ1v) is 9.44. The van der Waals surface area contributed by atoms with Crippen LogP contribution in [0.4, 0.5) is 0 Å². The first-order valence-electron chi connectivity index (χ1n) is 9.44. The summed E-state index contributed by atoms with van der Waals surface area (Å²) in [6.07, 6.45) is 1.44. The Hall–Kier alpha value is -2.35. The number of hydrogen-bond acceptors (Lipinski definition) is 7. The van der Waals surface area contributed by atoms with Gasteiger partial charge in [0.15, 0.2) is 0 Å². The Labute approximate surface area is 165 Å². The van der Waals surface area contributed by atoms with Crippen molar-refractivity contribution in [3.8, 4) is 5.88 Å². The average Bonchev–Trinajstić information content (AvgIpc) is 3.10. The summed E-state index contributed by atoms with van der Waals surface area (Å²) in [7, 11) is 5.31. The Bertz CT molecular complexity index is 789. The molecule has 1 heterocycles.